The molecule has 0 fully saturated rings. The number of aliphatic carboxylic acids is 2. The fourth-order valence-corrected chi connectivity index (χ4v) is 7.71. The number of aryl methyl sites for hydroxylation is 3. The molecule has 0 spiro atoms. The smallest absolute Gasteiger partial charge is 0.152 e. The third kappa shape index (κ3) is 11.5. The minimum atomic E-state index is -1.28. The third-order valence-corrected chi connectivity index (χ3v) is 11.1. The molecule has 0 aliphatic carbocycles. The molecular weight excluding hydrogens is 796 g/mol. The Kier molecular flexibility index (Phi) is 16.8. The Bertz CT molecular complexity index is 2490. The summed E-state index contributed by atoms with van der Waals surface area (Å²) in [5.74, 6) is -2.49. The van der Waals surface area contributed by atoms with Crippen molar-refractivity contribution < 1.29 is 46.8 Å². The Morgan fingerprint density at radius 3 is 1.87 bits per heavy atom. The Morgan fingerprint density at radius 2 is 1.25 bits per heavy atom. The van der Waals surface area contributed by atoms with Crippen molar-refractivity contribution in [3.8, 4) is 0 Å². The fourth-order valence-electron chi connectivity index (χ4n) is 7.71. The molecule has 0 saturated carbocycles. The van der Waals surface area contributed by atoms with Gasteiger partial charge >= 0.3 is 0 Å². The van der Waals surface area contributed by atoms with Crippen LogP contribution in [0.3, 0.4) is 0 Å². The molecule has 0 radical (unpaired) electrons. The van der Waals surface area contributed by atoms with Crippen molar-refractivity contribution in [2.45, 2.75) is 119 Å². The van der Waals surface area contributed by atoms with Crippen LogP contribution in [-0.2, 0) is 37.9 Å². The zero-order chi connectivity index (χ0) is 43.0. The van der Waals surface area contributed by atoms with Crippen LogP contribution in [0.4, 0.5) is 0 Å². The average Bonchev–Trinajstić information content (AvgIpc) is 3.85. The van der Waals surface area contributed by atoms with Crippen LogP contribution >= 0.6 is 0 Å². The third-order valence-electron chi connectivity index (χ3n) is 11.1. The van der Waals surface area contributed by atoms with Crippen LogP contribution in [0.5, 0.6) is 0 Å². The van der Waals surface area contributed by atoms with Crippen molar-refractivity contribution in [2.75, 3.05) is 0 Å². The molecule has 8 bridgehead atoms. The largest absolute Gasteiger partial charge is 0.657 e. The Hall–Kier alpha value is -5.35. The Morgan fingerprint density at radius 1 is 0.717 bits per heavy atom. The second kappa shape index (κ2) is 21.3. The minimum absolute atomic E-state index is 0. The summed E-state index contributed by atoms with van der Waals surface area (Å²) < 4.78 is 0. The van der Waals surface area contributed by atoms with Gasteiger partial charge in [0.1, 0.15) is 0 Å². The number of carboxylic acids is 2. The van der Waals surface area contributed by atoms with Gasteiger partial charge in [-0.05, 0) is 129 Å². The van der Waals surface area contributed by atoms with E-state index in [2.05, 4.69) is 52.5 Å². The first-order valence-corrected chi connectivity index (χ1v) is 20.3. The number of carboxylic acid groups (broad SMARTS) is 2. The molecule has 2 aliphatic rings. The van der Waals surface area contributed by atoms with Crippen molar-refractivity contribution in [1.82, 2.24) is 19.9 Å². The zero-order valence-corrected chi connectivity index (χ0v) is 36.8. The Labute approximate surface area is 363 Å². The number of aldehydes is 1. The molecule has 2 aliphatic heterocycles. The van der Waals surface area contributed by atoms with E-state index in [0.717, 1.165) is 42.4 Å². The summed E-state index contributed by atoms with van der Waals surface area (Å²) in [5.41, 5.74) is 12.9. The second-order valence-corrected chi connectivity index (χ2v) is 15.8. The van der Waals surface area contributed by atoms with E-state index in [1.165, 1.54) is 16.7 Å². The number of carbonyl (C=O) groups excluding carboxylic acids is 3. The van der Waals surface area contributed by atoms with Gasteiger partial charge in [0, 0.05) is 40.2 Å². The minimum Gasteiger partial charge on any atom is -0.657 e. The number of aliphatic hydroxyl groups is 1. The van der Waals surface area contributed by atoms with Crippen LogP contribution in [0.1, 0.15) is 144 Å². The SMILES string of the molecule is C=CC1=C(C)c2cc3[n-]c(cc4nc(cc5[n-]c(cc1n2)c(C)c5CCC(=O)[O-])C(CCC(=O)[O-])=C4C=O)c(C)c3C(O)CC/C=C(\C)CC/C=C(\C)CCC=C(C)C.[Fe]. The summed E-state index contributed by atoms with van der Waals surface area (Å²) in [6.45, 7) is 18.3. The maximum Gasteiger partial charge on any atom is 0.152 e. The molecule has 3 aromatic heterocycles. The zero-order valence-electron chi connectivity index (χ0n) is 35.7. The van der Waals surface area contributed by atoms with Crippen molar-refractivity contribution in [3.05, 3.63) is 117 Å². The van der Waals surface area contributed by atoms with Gasteiger partial charge in [0.05, 0.1) is 28.9 Å². The number of allylic oxidation sites excluding steroid dienone is 11. The van der Waals surface area contributed by atoms with Crippen LogP contribution in [0.25, 0.3) is 44.4 Å². The standard InChI is InChI=1S/C49H58N4O6.Fe/c1-9-34-31(6)39-25-45-49(46(55)18-12-17-30(5)16-11-15-29(4)14-10-13-28(2)3)33(8)40(52-45)24-44-37(27-54)36(20-22-48(58)59)43(53-44)26-42-35(19-21-47(56)57)32(7)38(51-42)23-41(34)50-39;/h9,13,15,17,23-27,46,55H,1,10-12,14,16,18-22H2,2-8H3,(H4,50,51,52,53,54,56,57,58,59);/p-4/b29-15+,30-17+,38-23?,39-25?,40-24?,41-23?,42-26?,43-26?,44-24?,45-25?;. The van der Waals surface area contributed by atoms with Gasteiger partial charge in [0.25, 0.3) is 0 Å². The summed E-state index contributed by atoms with van der Waals surface area (Å²) in [4.78, 5) is 55.7. The first-order chi connectivity index (χ1) is 28.1. The summed E-state index contributed by atoms with van der Waals surface area (Å²) in [5, 5.41) is 35.0. The van der Waals surface area contributed by atoms with Gasteiger partial charge in [-0.2, -0.15) is 0 Å². The normalized spacial score (nSPS) is 13.6. The molecule has 10 nitrogen and oxygen atoms in total. The summed E-state index contributed by atoms with van der Waals surface area (Å²) in [6.07, 6.45) is 12.9. The molecule has 5 heterocycles. The number of carbonyl (C=O) groups is 3. The maximum atomic E-state index is 12.8. The van der Waals surface area contributed by atoms with Crippen molar-refractivity contribution in [2.24, 2.45) is 0 Å². The van der Waals surface area contributed by atoms with E-state index in [4.69, 9.17) is 19.9 Å². The molecule has 3 aromatic rings. The van der Waals surface area contributed by atoms with E-state index < -0.39 is 18.0 Å². The number of fused-ring (bicyclic) bond motifs is 8. The van der Waals surface area contributed by atoms with Gasteiger partial charge in [0.2, 0.25) is 0 Å². The first-order valence-electron chi connectivity index (χ1n) is 20.3. The van der Waals surface area contributed by atoms with Crippen LogP contribution < -0.4 is 20.2 Å². The number of rotatable bonds is 18. The molecule has 1 N–H and O–H groups in total. The molecule has 0 amide bonds. The summed E-state index contributed by atoms with van der Waals surface area (Å²) >= 11 is 0. The second-order valence-electron chi connectivity index (χ2n) is 15.8. The molecule has 5 rings (SSSR count). The Balaban J connectivity index is 0.00000794. The van der Waals surface area contributed by atoms with Gasteiger partial charge < -0.3 is 34.9 Å². The topological polar surface area (TPSA) is 172 Å². The number of aliphatic hydroxyl groups excluding tert-OH is 1. The first kappa shape index (κ1) is 47.3. The van der Waals surface area contributed by atoms with Gasteiger partial charge in [0.15, 0.2) is 6.29 Å². The fraction of sp³-hybridized carbons (Fsp3) is 0.367. The average molecular weight is 851 g/mol. The van der Waals surface area contributed by atoms with E-state index >= 15 is 0 Å². The summed E-state index contributed by atoms with van der Waals surface area (Å²) in [7, 11) is 0. The quantitative estimate of drug-likeness (QED) is 0.0755. The van der Waals surface area contributed by atoms with Crippen LogP contribution in [0.2, 0.25) is 0 Å². The predicted molar refractivity (Wildman–Crippen MR) is 231 cm³/mol. The van der Waals surface area contributed by atoms with E-state index in [0.29, 0.717) is 80.5 Å². The van der Waals surface area contributed by atoms with E-state index in [-0.39, 0.29) is 54.0 Å². The van der Waals surface area contributed by atoms with Crippen molar-refractivity contribution in [1.29, 1.82) is 0 Å². The van der Waals surface area contributed by atoms with Gasteiger partial charge in [-0.1, -0.05) is 88.6 Å². The monoisotopic (exact) mass is 850 g/mol. The molecule has 318 valence electrons. The number of hydrogen-bond acceptors (Lipinski definition) is 8. The van der Waals surface area contributed by atoms with Crippen LogP contribution in [0, 0.1) is 13.8 Å². The number of aromatic nitrogens is 4. The van der Waals surface area contributed by atoms with Crippen LogP contribution in [-0.4, -0.2) is 33.3 Å². The number of hydrogen-bond donors (Lipinski definition) is 1. The van der Waals surface area contributed by atoms with Crippen LogP contribution in [0.15, 0.2) is 71.9 Å². The van der Waals surface area contributed by atoms with Gasteiger partial charge in [-0.3, -0.25) is 4.79 Å². The molecular formula is C49H54FeN4O6-4. The van der Waals surface area contributed by atoms with Crippen molar-refractivity contribution in [3.63, 3.8) is 0 Å². The van der Waals surface area contributed by atoms with E-state index in [1.807, 2.05) is 32.9 Å². The van der Waals surface area contributed by atoms with Gasteiger partial charge in [-0.25, -0.2) is 9.97 Å². The number of nitrogens with zero attached hydrogens (tertiary/aromatic N) is 4. The molecule has 1 unspecified atom stereocenters. The predicted octanol–water partition coefficient (Wildman–Crippen LogP) is 7.86. The molecule has 0 aromatic carbocycles. The van der Waals surface area contributed by atoms with E-state index in [1.54, 1.807) is 18.2 Å². The molecule has 11 heteroatoms. The maximum absolute atomic E-state index is 12.8. The summed E-state index contributed by atoms with van der Waals surface area (Å²) in [6, 6.07) is 7.03. The molecule has 1 atom stereocenters. The van der Waals surface area contributed by atoms with Gasteiger partial charge in [-0.15, -0.1) is 22.1 Å². The molecule has 0 saturated heterocycles. The van der Waals surface area contributed by atoms with E-state index in [9.17, 15) is 29.7 Å². The van der Waals surface area contributed by atoms with Crippen molar-refractivity contribution >= 4 is 62.6 Å². The molecule has 60 heavy (non-hydrogen) atoms.